The number of rotatable bonds is 2. The van der Waals surface area contributed by atoms with Crippen molar-refractivity contribution >= 4 is 28.7 Å². The van der Waals surface area contributed by atoms with Crippen molar-refractivity contribution in [3.63, 3.8) is 0 Å². The number of nitrogens with zero attached hydrogens (tertiary/aromatic N) is 1. The first-order valence-electron chi connectivity index (χ1n) is 5.40. The van der Waals surface area contributed by atoms with Gasteiger partial charge in [-0.2, -0.15) is 0 Å². The minimum absolute atomic E-state index is 0.352. The van der Waals surface area contributed by atoms with E-state index in [1.807, 2.05) is 66.4 Å². The van der Waals surface area contributed by atoms with Gasteiger partial charge in [0.15, 0.2) is 5.11 Å². The normalized spacial score (nSPS) is 9.94. The Hall–Kier alpha value is -1.87. The van der Waals surface area contributed by atoms with Gasteiger partial charge in [0.2, 0.25) is 0 Å². The maximum absolute atomic E-state index is 5.83. The van der Waals surface area contributed by atoms with Crippen molar-refractivity contribution in [2.45, 2.75) is 6.92 Å². The molecule has 0 aliphatic rings. The summed E-state index contributed by atoms with van der Waals surface area (Å²) >= 11 is 5.14. The molecule has 86 valence electrons. The second-order valence-electron chi connectivity index (χ2n) is 3.80. The lowest BCUT2D eigenvalue weighted by molar-refractivity contribution is 1.30. The molecule has 0 atom stereocenters. The lowest BCUT2D eigenvalue weighted by atomic mass is 10.1. The molecule has 0 heterocycles. The third kappa shape index (κ3) is 2.45. The van der Waals surface area contributed by atoms with E-state index in [0.29, 0.717) is 5.11 Å². The molecular formula is C14H14N2S. The number of hydrogen-bond donors (Lipinski definition) is 1. The molecule has 0 unspecified atom stereocenters. The van der Waals surface area contributed by atoms with Gasteiger partial charge in [0.05, 0.1) is 5.69 Å². The summed E-state index contributed by atoms with van der Waals surface area (Å²) in [5.74, 6) is 0. The van der Waals surface area contributed by atoms with Crippen LogP contribution in [0.1, 0.15) is 5.56 Å². The van der Waals surface area contributed by atoms with Gasteiger partial charge in [-0.15, -0.1) is 0 Å². The Morgan fingerprint density at radius 3 is 2.18 bits per heavy atom. The molecule has 17 heavy (non-hydrogen) atoms. The molecule has 3 heteroatoms. The van der Waals surface area contributed by atoms with E-state index < -0.39 is 0 Å². The van der Waals surface area contributed by atoms with Gasteiger partial charge >= 0.3 is 0 Å². The highest BCUT2D eigenvalue weighted by Crippen LogP contribution is 2.27. The molecular weight excluding hydrogens is 228 g/mol. The molecule has 0 aliphatic carbocycles. The average Bonchev–Trinajstić information content (AvgIpc) is 2.33. The molecule has 0 bridgehead atoms. The summed E-state index contributed by atoms with van der Waals surface area (Å²) in [5, 5.41) is 0.352. The largest absolute Gasteiger partial charge is 0.376 e. The highest BCUT2D eigenvalue weighted by atomic mass is 32.1. The third-order valence-corrected chi connectivity index (χ3v) is 2.77. The second kappa shape index (κ2) is 4.97. The number of anilines is 2. The summed E-state index contributed by atoms with van der Waals surface area (Å²) < 4.78 is 0. The van der Waals surface area contributed by atoms with Crippen LogP contribution in [0.4, 0.5) is 11.4 Å². The van der Waals surface area contributed by atoms with Crippen LogP contribution in [0.25, 0.3) is 0 Å². The van der Waals surface area contributed by atoms with Gasteiger partial charge in [-0.05, 0) is 42.9 Å². The molecule has 0 radical (unpaired) electrons. The lowest BCUT2D eigenvalue weighted by Crippen LogP contribution is -2.31. The Bertz CT molecular complexity index is 523. The lowest BCUT2D eigenvalue weighted by Gasteiger charge is -2.24. The van der Waals surface area contributed by atoms with E-state index >= 15 is 0 Å². The predicted molar refractivity (Wildman–Crippen MR) is 76.5 cm³/mol. The Morgan fingerprint density at radius 1 is 1.00 bits per heavy atom. The zero-order valence-electron chi connectivity index (χ0n) is 9.63. The number of aryl methyl sites for hydroxylation is 1. The van der Waals surface area contributed by atoms with Gasteiger partial charge in [0.25, 0.3) is 0 Å². The molecule has 2 aromatic carbocycles. The van der Waals surface area contributed by atoms with Crippen LogP contribution in [0, 0.1) is 6.92 Å². The first-order chi connectivity index (χ1) is 8.20. The highest BCUT2D eigenvalue weighted by Gasteiger charge is 2.13. The number of nitrogens with two attached hydrogens (primary N) is 1. The topological polar surface area (TPSA) is 29.3 Å². The van der Waals surface area contributed by atoms with Crippen LogP contribution in [-0.2, 0) is 0 Å². The first-order valence-corrected chi connectivity index (χ1v) is 5.81. The van der Waals surface area contributed by atoms with Crippen molar-refractivity contribution in [2.24, 2.45) is 5.73 Å². The number of benzene rings is 2. The molecule has 2 rings (SSSR count). The molecule has 0 amide bonds. The molecule has 0 aromatic heterocycles. The van der Waals surface area contributed by atoms with Crippen LogP contribution in [-0.4, -0.2) is 5.11 Å². The van der Waals surface area contributed by atoms with Crippen molar-refractivity contribution in [3.05, 3.63) is 60.2 Å². The fourth-order valence-electron chi connectivity index (χ4n) is 1.78. The smallest absolute Gasteiger partial charge is 0.175 e. The van der Waals surface area contributed by atoms with E-state index in [2.05, 4.69) is 0 Å². The quantitative estimate of drug-likeness (QED) is 0.819. The van der Waals surface area contributed by atoms with Crippen molar-refractivity contribution in [2.75, 3.05) is 4.90 Å². The van der Waals surface area contributed by atoms with E-state index in [9.17, 15) is 0 Å². The molecule has 2 nitrogen and oxygen atoms in total. The minimum Gasteiger partial charge on any atom is -0.376 e. The Kier molecular flexibility index (Phi) is 3.40. The van der Waals surface area contributed by atoms with E-state index in [-0.39, 0.29) is 0 Å². The van der Waals surface area contributed by atoms with Crippen LogP contribution >= 0.6 is 12.2 Å². The number of thiocarbonyl (C=S) groups is 1. The van der Waals surface area contributed by atoms with Crippen molar-refractivity contribution in [1.29, 1.82) is 0 Å². The third-order valence-electron chi connectivity index (χ3n) is 2.59. The summed E-state index contributed by atoms with van der Waals surface area (Å²) in [4.78, 5) is 1.88. The Balaban J connectivity index is 2.51. The molecule has 0 fully saturated rings. The molecule has 0 saturated heterocycles. The van der Waals surface area contributed by atoms with Crippen LogP contribution in [0.3, 0.4) is 0 Å². The van der Waals surface area contributed by atoms with Crippen molar-refractivity contribution in [3.8, 4) is 0 Å². The Labute approximate surface area is 107 Å². The van der Waals surface area contributed by atoms with Gasteiger partial charge in [-0.1, -0.05) is 36.4 Å². The van der Waals surface area contributed by atoms with Gasteiger partial charge in [-0.3, -0.25) is 4.90 Å². The van der Waals surface area contributed by atoms with Crippen LogP contribution < -0.4 is 10.6 Å². The van der Waals surface area contributed by atoms with E-state index in [0.717, 1.165) is 16.9 Å². The second-order valence-corrected chi connectivity index (χ2v) is 4.21. The van der Waals surface area contributed by atoms with Gasteiger partial charge < -0.3 is 5.73 Å². The summed E-state index contributed by atoms with van der Waals surface area (Å²) in [6.45, 7) is 2.05. The number of hydrogen-bond acceptors (Lipinski definition) is 1. The van der Waals surface area contributed by atoms with E-state index in [1.165, 1.54) is 0 Å². The Morgan fingerprint density at radius 2 is 1.59 bits per heavy atom. The zero-order valence-corrected chi connectivity index (χ0v) is 10.4. The maximum Gasteiger partial charge on any atom is 0.175 e. The van der Waals surface area contributed by atoms with Crippen molar-refractivity contribution < 1.29 is 0 Å². The molecule has 0 spiro atoms. The van der Waals surface area contributed by atoms with Gasteiger partial charge in [-0.25, -0.2) is 0 Å². The van der Waals surface area contributed by atoms with E-state index in [1.54, 1.807) is 0 Å². The summed E-state index contributed by atoms with van der Waals surface area (Å²) in [6, 6.07) is 17.9. The summed E-state index contributed by atoms with van der Waals surface area (Å²) in [7, 11) is 0. The first kappa shape index (κ1) is 11.6. The SMILES string of the molecule is Cc1ccccc1N(C(N)=S)c1ccccc1. The minimum atomic E-state index is 0.352. The zero-order chi connectivity index (χ0) is 12.3. The van der Waals surface area contributed by atoms with Crippen molar-refractivity contribution in [1.82, 2.24) is 0 Å². The van der Waals surface area contributed by atoms with Crippen LogP contribution in [0.15, 0.2) is 54.6 Å². The molecule has 2 N–H and O–H groups in total. The summed E-state index contributed by atoms with van der Waals surface area (Å²) in [6.07, 6.45) is 0. The standard InChI is InChI=1S/C14H14N2S/c1-11-7-5-6-10-13(11)16(14(15)17)12-8-3-2-4-9-12/h2-10H,1H3,(H2,15,17). The summed E-state index contributed by atoms with van der Waals surface area (Å²) in [5.41, 5.74) is 8.97. The molecule has 0 saturated carbocycles. The van der Waals surface area contributed by atoms with Gasteiger partial charge in [0, 0.05) is 5.69 Å². The molecule has 2 aromatic rings. The molecule has 0 aliphatic heterocycles. The van der Waals surface area contributed by atoms with E-state index in [4.69, 9.17) is 18.0 Å². The monoisotopic (exact) mass is 242 g/mol. The predicted octanol–water partition coefficient (Wildman–Crippen LogP) is 3.38. The van der Waals surface area contributed by atoms with Crippen LogP contribution in [0.5, 0.6) is 0 Å². The fourth-order valence-corrected chi connectivity index (χ4v) is 1.98. The fraction of sp³-hybridized carbons (Fsp3) is 0.0714. The highest BCUT2D eigenvalue weighted by molar-refractivity contribution is 7.80. The number of para-hydroxylation sites is 2. The average molecular weight is 242 g/mol. The maximum atomic E-state index is 5.83. The van der Waals surface area contributed by atoms with Crippen LogP contribution in [0.2, 0.25) is 0 Å². The van der Waals surface area contributed by atoms with Gasteiger partial charge in [0.1, 0.15) is 0 Å².